The summed E-state index contributed by atoms with van der Waals surface area (Å²) in [5.74, 6) is 1.02. The van der Waals surface area contributed by atoms with E-state index in [2.05, 4.69) is 24.1 Å². The number of fused-ring (bicyclic) bond motifs is 1. The summed E-state index contributed by atoms with van der Waals surface area (Å²) in [4.78, 5) is 31.2. The van der Waals surface area contributed by atoms with Crippen molar-refractivity contribution in [2.45, 2.75) is 39.5 Å². The van der Waals surface area contributed by atoms with Crippen molar-refractivity contribution in [2.75, 3.05) is 19.6 Å². The quantitative estimate of drug-likeness (QED) is 0.906. The number of aromatic nitrogens is 2. The van der Waals surface area contributed by atoms with Gasteiger partial charge in [0, 0.05) is 25.7 Å². The van der Waals surface area contributed by atoms with Crippen LogP contribution in [0.1, 0.15) is 49.4 Å². The summed E-state index contributed by atoms with van der Waals surface area (Å²) in [5.41, 5.74) is 1.17. The van der Waals surface area contributed by atoms with Crippen molar-refractivity contribution >= 4 is 17.3 Å². The smallest absolute Gasteiger partial charge is 0.272 e. The van der Waals surface area contributed by atoms with E-state index in [1.54, 1.807) is 0 Å². The van der Waals surface area contributed by atoms with Gasteiger partial charge >= 0.3 is 0 Å². The van der Waals surface area contributed by atoms with Crippen LogP contribution in [0.25, 0.3) is 5.52 Å². The van der Waals surface area contributed by atoms with E-state index in [1.807, 2.05) is 33.7 Å². The summed E-state index contributed by atoms with van der Waals surface area (Å²) < 4.78 is 1.96. The van der Waals surface area contributed by atoms with Gasteiger partial charge < -0.3 is 14.6 Å². The van der Waals surface area contributed by atoms with Crippen LogP contribution in [0.15, 0.2) is 24.4 Å². The molecule has 2 aromatic heterocycles. The number of rotatable bonds is 5. The fourth-order valence-electron chi connectivity index (χ4n) is 3.27. The monoisotopic (exact) mass is 342 g/mol. The second kappa shape index (κ2) is 7.68. The van der Waals surface area contributed by atoms with E-state index in [4.69, 9.17) is 0 Å². The Morgan fingerprint density at radius 2 is 1.96 bits per heavy atom. The van der Waals surface area contributed by atoms with E-state index < -0.39 is 0 Å². The van der Waals surface area contributed by atoms with Crippen molar-refractivity contribution < 1.29 is 9.59 Å². The number of likely N-dealkylation sites (tertiary alicyclic amines) is 1. The van der Waals surface area contributed by atoms with Gasteiger partial charge in [-0.15, -0.1) is 0 Å². The number of piperidine rings is 1. The molecule has 1 saturated heterocycles. The third-order valence-electron chi connectivity index (χ3n) is 4.54. The Balaban J connectivity index is 1.72. The van der Waals surface area contributed by atoms with Crippen LogP contribution < -0.4 is 5.32 Å². The molecule has 6 nitrogen and oxygen atoms in total. The van der Waals surface area contributed by atoms with Gasteiger partial charge in [-0.1, -0.05) is 19.9 Å². The van der Waals surface area contributed by atoms with E-state index in [1.165, 1.54) is 6.42 Å². The van der Waals surface area contributed by atoms with Gasteiger partial charge in [0.2, 0.25) is 5.91 Å². The number of carbonyl (C=O) groups excluding carboxylic acids is 2. The van der Waals surface area contributed by atoms with Gasteiger partial charge in [0.05, 0.1) is 12.1 Å². The number of nitrogens with one attached hydrogen (secondary N) is 1. The van der Waals surface area contributed by atoms with Crippen molar-refractivity contribution in [1.29, 1.82) is 0 Å². The van der Waals surface area contributed by atoms with Gasteiger partial charge in [-0.3, -0.25) is 9.59 Å². The van der Waals surface area contributed by atoms with Crippen LogP contribution in [-0.2, 0) is 11.2 Å². The molecule has 0 aliphatic carbocycles. The van der Waals surface area contributed by atoms with E-state index in [0.29, 0.717) is 11.6 Å². The Morgan fingerprint density at radius 3 is 2.68 bits per heavy atom. The van der Waals surface area contributed by atoms with Crippen LogP contribution in [0, 0.1) is 5.92 Å². The van der Waals surface area contributed by atoms with Gasteiger partial charge in [0.25, 0.3) is 5.91 Å². The Labute approximate surface area is 148 Å². The molecule has 1 aliphatic rings. The number of nitrogens with zero attached hydrogens (tertiary/aromatic N) is 3. The zero-order chi connectivity index (χ0) is 17.8. The molecule has 0 saturated carbocycles. The molecule has 25 heavy (non-hydrogen) atoms. The highest BCUT2D eigenvalue weighted by Gasteiger charge is 2.20. The normalized spacial score (nSPS) is 14.9. The van der Waals surface area contributed by atoms with Crippen molar-refractivity contribution in [2.24, 2.45) is 5.92 Å². The lowest BCUT2D eigenvalue weighted by molar-refractivity contribution is -0.130. The molecule has 6 heteroatoms. The zero-order valence-electron chi connectivity index (χ0n) is 15.0. The molecule has 1 aliphatic heterocycles. The highest BCUT2D eigenvalue weighted by atomic mass is 16.2. The van der Waals surface area contributed by atoms with Crippen LogP contribution in [0.3, 0.4) is 0 Å². The molecule has 0 bridgehead atoms. The Morgan fingerprint density at radius 1 is 1.20 bits per heavy atom. The largest absolute Gasteiger partial charge is 0.342 e. The van der Waals surface area contributed by atoms with E-state index in [0.717, 1.165) is 43.7 Å². The molecule has 1 N–H and O–H groups in total. The summed E-state index contributed by atoms with van der Waals surface area (Å²) >= 11 is 0. The first-order chi connectivity index (χ1) is 12.1. The Hall–Kier alpha value is -2.37. The van der Waals surface area contributed by atoms with Crippen LogP contribution >= 0.6 is 0 Å². The number of hydrogen-bond donors (Lipinski definition) is 1. The third kappa shape index (κ3) is 4.00. The first-order valence-electron chi connectivity index (χ1n) is 9.08. The van der Waals surface area contributed by atoms with Crippen molar-refractivity contribution in [3.8, 4) is 0 Å². The molecule has 134 valence electrons. The minimum Gasteiger partial charge on any atom is -0.342 e. The van der Waals surface area contributed by atoms with E-state index in [-0.39, 0.29) is 18.4 Å². The average molecular weight is 342 g/mol. The number of carbonyl (C=O) groups is 2. The third-order valence-corrected chi connectivity index (χ3v) is 4.54. The van der Waals surface area contributed by atoms with Crippen LogP contribution in [-0.4, -0.2) is 45.7 Å². The van der Waals surface area contributed by atoms with Crippen molar-refractivity contribution in [3.63, 3.8) is 0 Å². The number of imidazole rings is 1. The van der Waals surface area contributed by atoms with Crippen LogP contribution in [0.5, 0.6) is 0 Å². The predicted molar refractivity (Wildman–Crippen MR) is 96.5 cm³/mol. The molecule has 3 heterocycles. The maximum absolute atomic E-state index is 12.6. The van der Waals surface area contributed by atoms with Crippen molar-refractivity contribution in [3.05, 3.63) is 35.9 Å². The fourth-order valence-corrected chi connectivity index (χ4v) is 3.27. The average Bonchev–Trinajstić information content (AvgIpc) is 2.98. The Bertz CT molecular complexity index is 760. The molecule has 2 aromatic rings. The highest BCUT2D eigenvalue weighted by molar-refractivity contribution is 6.00. The molecular formula is C19H26N4O2. The molecular weight excluding hydrogens is 316 g/mol. The molecule has 2 amide bonds. The highest BCUT2D eigenvalue weighted by Crippen LogP contribution is 2.16. The minimum absolute atomic E-state index is 0.0148. The number of pyridine rings is 1. The molecule has 3 rings (SSSR count). The fraction of sp³-hybridized carbons (Fsp3) is 0.526. The second-order valence-electron chi connectivity index (χ2n) is 7.05. The summed E-state index contributed by atoms with van der Waals surface area (Å²) in [7, 11) is 0. The minimum atomic E-state index is -0.288. The maximum Gasteiger partial charge on any atom is 0.272 e. The topological polar surface area (TPSA) is 66.7 Å². The SMILES string of the molecule is CC(C)Cc1nc(C(=O)NCC(=O)N2CCCCC2)c2ccccn12. The summed E-state index contributed by atoms with van der Waals surface area (Å²) in [6, 6.07) is 5.71. The molecule has 0 unspecified atom stereocenters. The van der Waals surface area contributed by atoms with Crippen molar-refractivity contribution in [1.82, 2.24) is 19.6 Å². The zero-order valence-corrected chi connectivity index (χ0v) is 15.0. The lowest BCUT2D eigenvalue weighted by Gasteiger charge is -2.26. The standard InChI is InChI=1S/C19H26N4O2/c1-14(2)12-16-21-18(15-8-4-7-11-23(15)16)19(25)20-13-17(24)22-9-5-3-6-10-22/h4,7-8,11,14H,3,5-6,9-10,12-13H2,1-2H3,(H,20,25). The van der Waals surface area contributed by atoms with E-state index >= 15 is 0 Å². The van der Waals surface area contributed by atoms with Gasteiger partial charge in [-0.25, -0.2) is 4.98 Å². The Kier molecular flexibility index (Phi) is 5.36. The van der Waals surface area contributed by atoms with E-state index in [9.17, 15) is 9.59 Å². The molecule has 0 radical (unpaired) electrons. The van der Waals surface area contributed by atoms with Gasteiger partial charge in [0.15, 0.2) is 5.69 Å². The lowest BCUT2D eigenvalue weighted by Crippen LogP contribution is -2.42. The van der Waals surface area contributed by atoms with Crippen LogP contribution in [0.2, 0.25) is 0 Å². The van der Waals surface area contributed by atoms with Gasteiger partial charge in [0.1, 0.15) is 5.82 Å². The predicted octanol–water partition coefficient (Wildman–Crippen LogP) is 2.28. The summed E-state index contributed by atoms with van der Waals surface area (Å²) in [6.45, 7) is 5.87. The molecule has 1 fully saturated rings. The number of hydrogen-bond acceptors (Lipinski definition) is 3. The number of amides is 2. The lowest BCUT2D eigenvalue weighted by atomic mass is 10.1. The first kappa shape index (κ1) is 17.5. The molecule has 0 spiro atoms. The summed E-state index contributed by atoms with van der Waals surface area (Å²) in [6.07, 6.45) is 5.99. The first-order valence-corrected chi connectivity index (χ1v) is 9.08. The molecule has 0 aromatic carbocycles. The summed E-state index contributed by atoms with van der Waals surface area (Å²) in [5, 5.41) is 2.75. The molecule has 0 atom stereocenters. The van der Waals surface area contributed by atoms with Gasteiger partial charge in [-0.2, -0.15) is 0 Å². The van der Waals surface area contributed by atoms with Gasteiger partial charge in [-0.05, 0) is 37.3 Å². The second-order valence-corrected chi connectivity index (χ2v) is 7.05. The van der Waals surface area contributed by atoms with Crippen LogP contribution in [0.4, 0.5) is 0 Å². The maximum atomic E-state index is 12.6.